The van der Waals surface area contributed by atoms with Crippen molar-refractivity contribution in [1.29, 1.82) is 0 Å². The van der Waals surface area contributed by atoms with Gasteiger partial charge in [0.15, 0.2) is 0 Å². The fourth-order valence-electron chi connectivity index (χ4n) is 3.44. The Morgan fingerprint density at radius 2 is 1.74 bits per heavy atom. The lowest BCUT2D eigenvalue weighted by molar-refractivity contribution is 0.108. The molecule has 0 aromatic heterocycles. The third kappa shape index (κ3) is 6.53. The molecule has 0 radical (unpaired) electrons. The molecule has 2 aromatic rings. The Balaban J connectivity index is 1.96. The fourth-order valence-corrected chi connectivity index (χ4v) is 3.44. The third-order valence-corrected chi connectivity index (χ3v) is 5.19. The highest BCUT2D eigenvalue weighted by Crippen LogP contribution is 2.29. The van der Waals surface area contributed by atoms with Crippen LogP contribution in [0.3, 0.4) is 0 Å². The highest BCUT2D eigenvalue weighted by atomic mass is 16.5. The number of benzene rings is 2. The Labute approximate surface area is 165 Å². The summed E-state index contributed by atoms with van der Waals surface area (Å²) in [6, 6.07) is 16.6. The van der Waals surface area contributed by atoms with Gasteiger partial charge in [0, 0.05) is 12.8 Å². The predicted molar refractivity (Wildman–Crippen MR) is 117 cm³/mol. The van der Waals surface area contributed by atoms with Gasteiger partial charge in [-0.25, -0.2) is 0 Å². The quantitative estimate of drug-likeness (QED) is 0.418. The maximum atomic E-state index is 6.28. The number of rotatable bonds is 10. The summed E-state index contributed by atoms with van der Waals surface area (Å²) in [4.78, 5) is 4.66. The maximum absolute atomic E-state index is 6.28. The van der Waals surface area contributed by atoms with Crippen LogP contribution in [0.2, 0.25) is 0 Å². The largest absolute Gasteiger partial charge is 0.483 e. The van der Waals surface area contributed by atoms with Gasteiger partial charge in [-0.2, -0.15) is 0 Å². The molecule has 0 aliphatic rings. The van der Waals surface area contributed by atoms with E-state index in [2.05, 4.69) is 76.0 Å². The number of unbranched alkanes of at least 4 members (excludes halogenated alkanes) is 1. The van der Waals surface area contributed by atoms with Gasteiger partial charge in [-0.1, -0.05) is 57.4 Å². The smallest absolute Gasteiger partial charge is 0.129 e. The summed E-state index contributed by atoms with van der Waals surface area (Å²) >= 11 is 0. The molecule has 1 unspecified atom stereocenters. The van der Waals surface area contributed by atoms with Crippen molar-refractivity contribution in [2.75, 3.05) is 6.54 Å². The first-order valence-electron chi connectivity index (χ1n) is 10.3. The Kier molecular flexibility index (Phi) is 8.09. The van der Waals surface area contributed by atoms with E-state index in [1.54, 1.807) is 0 Å². The van der Waals surface area contributed by atoms with Crippen molar-refractivity contribution in [3.8, 4) is 5.75 Å². The molecule has 0 amide bonds. The van der Waals surface area contributed by atoms with Crippen LogP contribution in [-0.2, 0) is 5.60 Å². The lowest BCUT2D eigenvalue weighted by Gasteiger charge is -2.28. The molecule has 0 N–H and O–H groups in total. The lowest BCUT2D eigenvalue weighted by atomic mass is 9.93. The normalized spacial score (nSPS) is 13.1. The molecule has 27 heavy (non-hydrogen) atoms. The van der Waals surface area contributed by atoms with Gasteiger partial charge in [0.1, 0.15) is 11.4 Å². The van der Waals surface area contributed by atoms with Crippen molar-refractivity contribution in [2.24, 2.45) is 10.9 Å². The molecule has 1 atom stereocenters. The molecule has 146 valence electrons. The maximum Gasteiger partial charge on any atom is 0.129 e. The predicted octanol–water partition coefficient (Wildman–Crippen LogP) is 6.94. The van der Waals surface area contributed by atoms with E-state index in [0.29, 0.717) is 5.92 Å². The molecule has 0 aliphatic heterocycles. The number of aryl methyl sites for hydroxylation is 1. The van der Waals surface area contributed by atoms with E-state index in [4.69, 9.17) is 4.74 Å². The van der Waals surface area contributed by atoms with E-state index in [1.165, 1.54) is 36.8 Å². The van der Waals surface area contributed by atoms with Gasteiger partial charge in [-0.15, -0.1) is 0 Å². The topological polar surface area (TPSA) is 21.6 Å². The van der Waals surface area contributed by atoms with Crippen LogP contribution in [0.5, 0.6) is 5.75 Å². The van der Waals surface area contributed by atoms with Gasteiger partial charge in [0.05, 0.1) is 0 Å². The van der Waals surface area contributed by atoms with Crippen LogP contribution >= 0.6 is 0 Å². The zero-order valence-corrected chi connectivity index (χ0v) is 17.7. The molecule has 0 heterocycles. The molecular weight excluding hydrogens is 330 g/mol. The monoisotopic (exact) mass is 365 g/mol. The number of hydrogen-bond donors (Lipinski definition) is 0. The standard InChI is InChI=1S/C25H35NO/c1-6-8-12-21(7-2)18-26-19-22-14-16-23(17-15-22)27-25(4,5)24-13-10-9-11-20(24)3/h9-11,13-17,19,21H,6-8,12,18H2,1-5H3. The van der Waals surface area contributed by atoms with Gasteiger partial charge in [0.2, 0.25) is 0 Å². The summed E-state index contributed by atoms with van der Waals surface area (Å²) in [7, 11) is 0. The molecule has 2 nitrogen and oxygen atoms in total. The summed E-state index contributed by atoms with van der Waals surface area (Å²) in [6.45, 7) is 11.8. The first kappa shape index (κ1) is 21.2. The summed E-state index contributed by atoms with van der Waals surface area (Å²) in [6.07, 6.45) is 7.05. The third-order valence-electron chi connectivity index (χ3n) is 5.19. The van der Waals surface area contributed by atoms with Crippen molar-refractivity contribution in [1.82, 2.24) is 0 Å². The van der Waals surface area contributed by atoms with E-state index in [1.807, 2.05) is 18.3 Å². The number of hydrogen-bond acceptors (Lipinski definition) is 2. The molecule has 0 saturated carbocycles. The lowest BCUT2D eigenvalue weighted by Crippen LogP contribution is -2.26. The molecule has 0 aliphatic carbocycles. The van der Waals surface area contributed by atoms with Gasteiger partial charge in [-0.3, -0.25) is 4.99 Å². The van der Waals surface area contributed by atoms with Crippen LogP contribution in [0.4, 0.5) is 0 Å². The second kappa shape index (κ2) is 10.3. The molecule has 0 fully saturated rings. The fraction of sp³-hybridized carbons (Fsp3) is 0.480. The molecule has 0 spiro atoms. The van der Waals surface area contributed by atoms with Crippen LogP contribution < -0.4 is 4.74 Å². The highest BCUT2D eigenvalue weighted by molar-refractivity contribution is 5.79. The molecule has 0 bridgehead atoms. The van der Waals surface area contributed by atoms with Gasteiger partial charge in [0.25, 0.3) is 0 Å². The Bertz CT molecular complexity index is 715. The minimum Gasteiger partial charge on any atom is -0.483 e. The summed E-state index contributed by atoms with van der Waals surface area (Å²) < 4.78 is 6.28. The Morgan fingerprint density at radius 3 is 2.37 bits per heavy atom. The summed E-state index contributed by atoms with van der Waals surface area (Å²) in [5.41, 5.74) is 3.23. The van der Waals surface area contributed by atoms with Crippen LogP contribution in [-0.4, -0.2) is 12.8 Å². The van der Waals surface area contributed by atoms with Crippen LogP contribution in [0.15, 0.2) is 53.5 Å². The molecule has 2 heteroatoms. The minimum atomic E-state index is -0.366. The van der Waals surface area contributed by atoms with E-state index in [-0.39, 0.29) is 5.60 Å². The molecule has 0 saturated heterocycles. The molecular formula is C25H35NO. The second-order valence-electron chi connectivity index (χ2n) is 7.91. The van der Waals surface area contributed by atoms with Gasteiger partial charge in [-0.05, 0) is 74.1 Å². The zero-order chi connectivity index (χ0) is 19.7. The van der Waals surface area contributed by atoms with E-state index < -0.39 is 0 Å². The summed E-state index contributed by atoms with van der Waals surface area (Å²) in [5, 5.41) is 0. The Hall–Kier alpha value is -2.09. The number of nitrogens with zero attached hydrogens (tertiary/aromatic N) is 1. The zero-order valence-electron chi connectivity index (χ0n) is 17.7. The van der Waals surface area contributed by atoms with Gasteiger partial charge >= 0.3 is 0 Å². The number of ether oxygens (including phenoxy) is 1. The highest BCUT2D eigenvalue weighted by Gasteiger charge is 2.24. The average Bonchev–Trinajstić information content (AvgIpc) is 2.66. The Morgan fingerprint density at radius 1 is 1.04 bits per heavy atom. The second-order valence-corrected chi connectivity index (χ2v) is 7.91. The van der Waals surface area contributed by atoms with Crippen molar-refractivity contribution < 1.29 is 4.74 Å². The van der Waals surface area contributed by atoms with Crippen molar-refractivity contribution in [3.63, 3.8) is 0 Å². The van der Waals surface area contributed by atoms with E-state index in [9.17, 15) is 0 Å². The van der Waals surface area contributed by atoms with Crippen LogP contribution in [0.25, 0.3) is 0 Å². The van der Waals surface area contributed by atoms with Crippen molar-refractivity contribution in [3.05, 3.63) is 65.2 Å². The molecule has 2 rings (SSSR count). The van der Waals surface area contributed by atoms with Crippen LogP contribution in [0, 0.1) is 12.8 Å². The number of aliphatic imine (C=N–C) groups is 1. The van der Waals surface area contributed by atoms with Crippen molar-refractivity contribution >= 4 is 6.21 Å². The molecule has 2 aromatic carbocycles. The first-order chi connectivity index (χ1) is 13.0. The first-order valence-corrected chi connectivity index (χ1v) is 10.3. The average molecular weight is 366 g/mol. The van der Waals surface area contributed by atoms with E-state index in [0.717, 1.165) is 17.9 Å². The van der Waals surface area contributed by atoms with Gasteiger partial charge < -0.3 is 4.74 Å². The SMILES string of the molecule is CCCCC(CC)CN=Cc1ccc(OC(C)(C)c2ccccc2C)cc1. The van der Waals surface area contributed by atoms with Crippen molar-refractivity contribution in [2.45, 2.75) is 65.9 Å². The van der Waals surface area contributed by atoms with Crippen LogP contribution in [0.1, 0.15) is 70.1 Å². The van der Waals surface area contributed by atoms with E-state index >= 15 is 0 Å². The minimum absolute atomic E-state index is 0.366. The summed E-state index contributed by atoms with van der Waals surface area (Å²) in [5.74, 6) is 1.59.